The van der Waals surface area contributed by atoms with Crippen LogP contribution in [-0.4, -0.2) is 38.1 Å². The maximum Gasteiger partial charge on any atom is 0.227 e. The first-order valence-corrected chi connectivity index (χ1v) is 9.67. The average molecular weight is 382 g/mol. The number of nitrogens with one attached hydrogen (secondary N) is 1. The van der Waals surface area contributed by atoms with Crippen LogP contribution in [0.5, 0.6) is 11.5 Å². The molecule has 0 saturated carbocycles. The van der Waals surface area contributed by atoms with Crippen LogP contribution in [0, 0.1) is 0 Å². The number of rotatable bonds is 9. The first-order chi connectivity index (χ1) is 13.7. The van der Waals surface area contributed by atoms with Crippen molar-refractivity contribution in [2.75, 3.05) is 31.2 Å². The summed E-state index contributed by atoms with van der Waals surface area (Å²) in [6, 6.07) is 15.0. The van der Waals surface area contributed by atoms with E-state index in [-0.39, 0.29) is 11.8 Å². The number of carbonyl (C=O) groups is 2. The SMILES string of the molecule is CCOc1ccc(OCCNC(=O)Cc2ccc(N3CCCC3=O)cc2)cc1. The summed E-state index contributed by atoms with van der Waals surface area (Å²) in [5.74, 6) is 1.66. The molecule has 1 saturated heterocycles. The summed E-state index contributed by atoms with van der Waals surface area (Å²) >= 11 is 0. The van der Waals surface area contributed by atoms with E-state index in [1.165, 1.54) is 0 Å². The molecular weight excluding hydrogens is 356 g/mol. The summed E-state index contributed by atoms with van der Waals surface area (Å²) in [7, 11) is 0. The summed E-state index contributed by atoms with van der Waals surface area (Å²) in [5.41, 5.74) is 1.82. The fraction of sp³-hybridized carbons (Fsp3) is 0.364. The lowest BCUT2D eigenvalue weighted by atomic mass is 10.1. The number of nitrogens with zero attached hydrogens (tertiary/aromatic N) is 1. The van der Waals surface area contributed by atoms with Crippen LogP contribution in [-0.2, 0) is 16.0 Å². The smallest absolute Gasteiger partial charge is 0.227 e. The van der Waals surface area contributed by atoms with Crippen molar-refractivity contribution in [1.82, 2.24) is 5.32 Å². The molecule has 1 aliphatic heterocycles. The largest absolute Gasteiger partial charge is 0.494 e. The molecule has 2 aromatic carbocycles. The predicted octanol–water partition coefficient (Wildman–Crippen LogP) is 2.95. The number of hydrogen-bond acceptors (Lipinski definition) is 4. The van der Waals surface area contributed by atoms with E-state index in [0.717, 1.165) is 35.7 Å². The molecule has 6 heteroatoms. The first-order valence-electron chi connectivity index (χ1n) is 9.67. The van der Waals surface area contributed by atoms with Crippen molar-refractivity contribution in [2.45, 2.75) is 26.2 Å². The van der Waals surface area contributed by atoms with Gasteiger partial charge in [0.25, 0.3) is 0 Å². The van der Waals surface area contributed by atoms with Gasteiger partial charge < -0.3 is 19.7 Å². The van der Waals surface area contributed by atoms with Crippen molar-refractivity contribution in [3.8, 4) is 11.5 Å². The van der Waals surface area contributed by atoms with E-state index < -0.39 is 0 Å². The molecule has 0 spiro atoms. The minimum Gasteiger partial charge on any atom is -0.494 e. The summed E-state index contributed by atoms with van der Waals surface area (Å²) in [6.07, 6.45) is 1.82. The molecule has 2 aromatic rings. The second-order valence-corrected chi connectivity index (χ2v) is 6.59. The third kappa shape index (κ3) is 5.49. The topological polar surface area (TPSA) is 67.9 Å². The van der Waals surface area contributed by atoms with E-state index in [1.54, 1.807) is 4.90 Å². The first kappa shape index (κ1) is 19.7. The summed E-state index contributed by atoms with van der Waals surface area (Å²) in [4.78, 5) is 25.7. The number of ether oxygens (including phenoxy) is 2. The zero-order valence-electron chi connectivity index (χ0n) is 16.1. The Labute approximate surface area is 165 Å². The molecule has 3 rings (SSSR count). The molecular formula is C22H26N2O4. The molecule has 0 aliphatic carbocycles. The number of anilines is 1. The van der Waals surface area contributed by atoms with E-state index in [4.69, 9.17) is 9.47 Å². The quantitative estimate of drug-likeness (QED) is 0.677. The monoisotopic (exact) mass is 382 g/mol. The van der Waals surface area contributed by atoms with Crippen molar-refractivity contribution in [2.24, 2.45) is 0 Å². The highest BCUT2D eigenvalue weighted by molar-refractivity contribution is 5.95. The van der Waals surface area contributed by atoms with E-state index in [1.807, 2.05) is 55.5 Å². The number of hydrogen-bond donors (Lipinski definition) is 1. The van der Waals surface area contributed by atoms with Crippen molar-refractivity contribution in [3.05, 3.63) is 54.1 Å². The van der Waals surface area contributed by atoms with Crippen LogP contribution in [0.1, 0.15) is 25.3 Å². The Morgan fingerprint density at radius 1 is 1.04 bits per heavy atom. The Balaban J connectivity index is 1.37. The molecule has 28 heavy (non-hydrogen) atoms. The predicted molar refractivity (Wildman–Crippen MR) is 108 cm³/mol. The van der Waals surface area contributed by atoms with Crippen molar-refractivity contribution in [1.29, 1.82) is 0 Å². The van der Waals surface area contributed by atoms with Crippen LogP contribution in [0.3, 0.4) is 0 Å². The van der Waals surface area contributed by atoms with Gasteiger partial charge in [0, 0.05) is 18.7 Å². The molecule has 0 atom stereocenters. The van der Waals surface area contributed by atoms with Crippen LogP contribution in [0.2, 0.25) is 0 Å². The molecule has 6 nitrogen and oxygen atoms in total. The van der Waals surface area contributed by atoms with Gasteiger partial charge >= 0.3 is 0 Å². The third-order valence-electron chi connectivity index (χ3n) is 4.51. The third-order valence-corrected chi connectivity index (χ3v) is 4.51. The Morgan fingerprint density at radius 2 is 1.71 bits per heavy atom. The lowest BCUT2D eigenvalue weighted by Gasteiger charge is -2.15. The van der Waals surface area contributed by atoms with Crippen molar-refractivity contribution < 1.29 is 19.1 Å². The van der Waals surface area contributed by atoms with Crippen LogP contribution >= 0.6 is 0 Å². The second kappa shape index (κ2) is 9.78. The molecule has 0 bridgehead atoms. The maximum absolute atomic E-state index is 12.1. The minimum absolute atomic E-state index is 0.0553. The van der Waals surface area contributed by atoms with Crippen molar-refractivity contribution >= 4 is 17.5 Å². The Morgan fingerprint density at radius 3 is 2.32 bits per heavy atom. The van der Waals surface area contributed by atoms with Gasteiger partial charge in [0.05, 0.1) is 19.6 Å². The van der Waals surface area contributed by atoms with Gasteiger partial charge in [-0.1, -0.05) is 12.1 Å². The van der Waals surface area contributed by atoms with E-state index >= 15 is 0 Å². The molecule has 0 unspecified atom stereocenters. The number of carbonyl (C=O) groups excluding carboxylic acids is 2. The minimum atomic E-state index is -0.0553. The highest BCUT2D eigenvalue weighted by atomic mass is 16.5. The molecule has 0 aromatic heterocycles. The van der Waals surface area contributed by atoms with E-state index in [2.05, 4.69) is 5.32 Å². The normalized spacial score (nSPS) is 13.5. The fourth-order valence-electron chi connectivity index (χ4n) is 3.12. The van der Waals surface area contributed by atoms with Gasteiger partial charge in [-0.05, 0) is 55.3 Å². The highest BCUT2D eigenvalue weighted by Crippen LogP contribution is 2.21. The van der Waals surface area contributed by atoms with Crippen LogP contribution in [0.4, 0.5) is 5.69 Å². The standard InChI is InChI=1S/C22H26N2O4/c1-2-27-19-9-11-20(12-10-19)28-15-13-23-21(25)16-17-5-7-18(8-6-17)24-14-3-4-22(24)26/h5-12H,2-4,13-16H2,1H3,(H,23,25). The Kier molecular flexibility index (Phi) is 6.89. The van der Waals surface area contributed by atoms with E-state index in [9.17, 15) is 9.59 Å². The van der Waals surface area contributed by atoms with Crippen LogP contribution in [0.15, 0.2) is 48.5 Å². The van der Waals surface area contributed by atoms with Gasteiger partial charge in [-0.25, -0.2) is 0 Å². The molecule has 0 radical (unpaired) electrons. The highest BCUT2D eigenvalue weighted by Gasteiger charge is 2.21. The molecule has 1 N–H and O–H groups in total. The van der Waals surface area contributed by atoms with Crippen molar-refractivity contribution in [3.63, 3.8) is 0 Å². The second-order valence-electron chi connectivity index (χ2n) is 6.59. The summed E-state index contributed by atoms with van der Waals surface area (Å²) in [5, 5.41) is 2.86. The van der Waals surface area contributed by atoms with Gasteiger partial charge in [0.2, 0.25) is 11.8 Å². The summed E-state index contributed by atoms with van der Waals surface area (Å²) in [6.45, 7) is 4.18. The molecule has 2 amide bonds. The van der Waals surface area contributed by atoms with E-state index in [0.29, 0.717) is 32.6 Å². The molecule has 1 heterocycles. The maximum atomic E-state index is 12.1. The number of benzene rings is 2. The van der Waals surface area contributed by atoms with Gasteiger partial charge in [-0.15, -0.1) is 0 Å². The van der Waals surface area contributed by atoms with Gasteiger partial charge in [0.15, 0.2) is 0 Å². The average Bonchev–Trinajstić information content (AvgIpc) is 3.13. The van der Waals surface area contributed by atoms with Gasteiger partial charge in [0.1, 0.15) is 18.1 Å². The lowest BCUT2D eigenvalue weighted by molar-refractivity contribution is -0.120. The Bertz CT molecular complexity index is 787. The zero-order chi connectivity index (χ0) is 19.8. The lowest BCUT2D eigenvalue weighted by Crippen LogP contribution is -2.29. The molecule has 148 valence electrons. The zero-order valence-corrected chi connectivity index (χ0v) is 16.1. The fourth-order valence-corrected chi connectivity index (χ4v) is 3.12. The molecule has 1 aliphatic rings. The van der Waals surface area contributed by atoms with Crippen LogP contribution < -0.4 is 19.7 Å². The van der Waals surface area contributed by atoms with Gasteiger partial charge in [-0.3, -0.25) is 9.59 Å². The summed E-state index contributed by atoms with van der Waals surface area (Å²) < 4.78 is 11.0. The number of amides is 2. The Hall–Kier alpha value is -3.02. The molecule has 1 fully saturated rings. The van der Waals surface area contributed by atoms with Gasteiger partial charge in [-0.2, -0.15) is 0 Å². The van der Waals surface area contributed by atoms with Crippen LogP contribution in [0.25, 0.3) is 0 Å².